The number of carbonyl (C=O) groups excluding carboxylic acids is 1. The molecule has 0 bridgehead atoms. The van der Waals surface area contributed by atoms with E-state index in [9.17, 15) is 4.79 Å². The molecule has 2 rings (SSSR count). The zero-order valence-electron chi connectivity index (χ0n) is 8.38. The minimum Gasteiger partial charge on any atom is -0.296 e. The molecule has 0 saturated heterocycles. The number of aromatic nitrogens is 3. The highest BCUT2D eigenvalue weighted by Crippen LogP contribution is 2.22. The molecule has 0 spiro atoms. The first-order valence-electron chi connectivity index (χ1n) is 4.77. The average Bonchev–Trinajstić information content (AvgIpc) is 2.85. The standard InChI is InChI=1S/C10H11N3OS/c1-2-3-13-5-8(4-11-13)10-12-9(6-14)7-15-10/h4-7H,2-3H2,1H3. The Bertz CT molecular complexity index is 461. The van der Waals surface area contributed by atoms with E-state index in [1.165, 1.54) is 11.3 Å². The van der Waals surface area contributed by atoms with Crippen molar-refractivity contribution in [2.45, 2.75) is 19.9 Å². The molecule has 0 aliphatic heterocycles. The summed E-state index contributed by atoms with van der Waals surface area (Å²) in [5, 5.41) is 6.81. The Kier molecular flexibility index (Phi) is 2.91. The summed E-state index contributed by atoms with van der Waals surface area (Å²) < 4.78 is 1.89. The molecule has 0 unspecified atom stereocenters. The summed E-state index contributed by atoms with van der Waals surface area (Å²) in [6.07, 6.45) is 5.55. The Morgan fingerprint density at radius 2 is 2.47 bits per heavy atom. The van der Waals surface area contributed by atoms with E-state index in [4.69, 9.17) is 0 Å². The molecule has 78 valence electrons. The molecule has 5 heteroatoms. The van der Waals surface area contributed by atoms with Crippen molar-refractivity contribution in [3.8, 4) is 10.6 Å². The first kappa shape index (κ1) is 10.0. The van der Waals surface area contributed by atoms with Crippen LogP contribution in [0, 0.1) is 0 Å². The van der Waals surface area contributed by atoms with E-state index in [0.717, 1.165) is 29.8 Å². The second-order valence-corrected chi connectivity index (χ2v) is 4.05. The lowest BCUT2D eigenvalue weighted by molar-refractivity contribution is 0.111. The van der Waals surface area contributed by atoms with Gasteiger partial charge >= 0.3 is 0 Å². The van der Waals surface area contributed by atoms with Crippen LogP contribution in [0.15, 0.2) is 17.8 Å². The maximum atomic E-state index is 10.5. The molecule has 0 saturated carbocycles. The number of nitrogens with zero attached hydrogens (tertiary/aromatic N) is 3. The van der Waals surface area contributed by atoms with E-state index in [-0.39, 0.29) is 0 Å². The molecule has 0 amide bonds. The Morgan fingerprint density at radius 3 is 3.13 bits per heavy atom. The number of hydrogen-bond acceptors (Lipinski definition) is 4. The Balaban J connectivity index is 2.24. The molecule has 0 fully saturated rings. The quantitative estimate of drug-likeness (QED) is 0.744. The maximum Gasteiger partial charge on any atom is 0.169 e. The number of rotatable bonds is 4. The summed E-state index contributed by atoms with van der Waals surface area (Å²) in [6, 6.07) is 0. The third-order valence-corrected chi connectivity index (χ3v) is 2.89. The molecule has 2 aromatic rings. The lowest BCUT2D eigenvalue weighted by Gasteiger charge is -1.94. The summed E-state index contributed by atoms with van der Waals surface area (Å²) in [4.78, 5) is 14.7. The molecule has 2 heterocycles. The highest BCUT2D eigenvalue weighted by Gasteiger charge is 2.06. The van der Waals surface area contributed by atoms with Gasteiger partial charge in [-0.2, -0.15) is 5.10 Å². The lowest BCUT2D eigenvalue weighted by atomic mass is 10.4. The van der Waals surface area contributed by atoms with Gasteiger partial charge in [-0.1, -0.05) is 6.92 Å². The van der Waals surface area contributed by atoms with Gasteiger partial charge in [-0.25, -0.2) is 4.98 Å². The summed E-state index contributed by atoms with van der Waals surface area (Å²) in [5.74, 6) is 0. The van der Waals surface area contributed by atoms with Crippen molar-refractivity contribution < 1.29 is 4.79 Å². The molecule has 0 aliphatic carbocycles. The second-order valence-electron chi connectivity index (χ2n) is 3.19. The molecule has 4 nitrogen and oxygen atoms in total. The van der Waals surface area contributed by atoms with Crippen molar-refractivity contribution in [3.63, 3.8) is 0 Å². The van der Waals surface area contributed by atoms with E-state index in [0.29, 0.717) is 5.69 Å². The van der Waals surface area contributed by atoms with Crippen LogP contribution < -0.4 is 0 Å². The van der Waals surface area contributed by atoms with E-state index in [1.807, 2.05) is 10.9 Å². The van der Waals surface area contributed by atoms with Gasteiger partial charge < -0.3 is 0 Å². The monoisotopic (exact) mass is 221 g/mol. The predicted octanol–water partition coefficient (Wildman–Crippen LogP) is 2.23. The lowest BCUT2D eigenvalue weighted by Crippen LogP contribution is -1.95. The largest absolute Gasteiger partial charge is 0.296 e. The average molecular weight is 221 g/mol. The number of hydrogen-bond donors (Lipinski definition) is 0. The molecular weight excluding hydrogens is 210 g/mol. The molecule has 0 aliphatic rings. The van der Waals surface area contributed by atoms with Crippen LogP contribution in [-0.2, 0) is 6.54 Å². The molecule has 0 atom stereocenters. The van der Waals surface area contributed by atoms with Gasteiger partial charge in [0.2, 0.25) is 0 Å². The first-order valence-corrected chi connectivity index (χ1v) is 5.65. The van der Waals surface area contributed by atoms with Crippen LogP contribution in [0.25, 0.3) is 10.6 Å². The van der Waals surface area contributed by atoms with Crippen molar-refractivity contribution >= 4 is 17.6 Å². The summed E-state index contributed by atoms with van der Waals surface area (Å²) in [7, 11) is 0. The SMILES string of the molecule is CCCn1cc(-c2nc(C=O)cs2)cn1. The fraction of sp³-hybridized carbons (Fsp3) is 0.300. The van der Waals surface area contributed by atoms with Gasteiger partial charge in [0, 0.05) is 23.7 Å². The molecular formula is C10H11N3OS. The third kappa shape index (κ3) is 2.12. The zero-order chi connectivity index (χ0) is 10.7. The Morgan fingerprint density at radius 1 is 1.60 bits per heavy atom. The fourth-order valence-corrected chi connectivity index (χ4v) is 2.04. The zero-order valence-corrected chi connectivity index (χ0v) is 9.20. The van der Waals surface area contributed by atoms with Crippen molar-refractivity contribution in [2.24, 2.45) is 0 Å². The third-order valence-electron chi connectivity index (χ3n) is 1.98. The maximum absolute atomic E-state index is 10.5. The molecule has 15 heavy (non-hydrogen) atoms. The minimum atomic E-state index is 0.484. The highest BCUT2D eigenvalue weighted by atomic mass is 32.1. The van der Waals surface area contributed by atoms with Gasteiger partial charge in [0.25, 0.3) is 0 Å². The number of thiazole rings is 1. The highest BCUT2D eigenvalue weighted by molar-refractivity contribution is 7.13. The van der Waals surface area contributed by atoms with Gasteiger partial charge in [0.1, 0.15) is 10.7 Å². The Labute approximate surface area is 91.6 Å². The summed E-state index contributed by atoms with van der Waals surface area (Å²) >= 11 is 1.46. The minimum absolute atomic E-state index is 0.484. The molecule has 0 N–H and O–H groups in total. The summed E-state index contributed by atoms with van der Waals surface area (Å²) in [5.41, 5.74) is 1.46. The van der Waals surface area contributed by atoms with Crippen molar-refractivity contribution in [2.75, 3.05) is 0 Å². The summed E-state index contributed by atoms with van der Waals surface area (Å²) in [6.45, 7) is 3.02. The van der Waals surface area contributed by atoms with Gasteiger partial charge in [-0.05, 0) is 6.42 Å². The van der Waals surface area contributed by atoms with Crippen LogP contribution in [0.2, 0.25) is 0 Å². The molecule has 0 aromatic carbocycles. The van der Waals surface area contributed by atoms with Crippen LogP contribution >= 0.6 is 11.3 Å². The Hall–Kier alpha value is -1.49. The van der Waals surface area contributed by atoms with Crippen LogP contribution in [0.5, 0.6) is 0 Å². The number of aldehydes is 1. The van der Waals surface area contributed by atoms with E-state index >= 15 is 0 Å². The van der Waals surface area contributed by atoms with Gasteiger partial charge in [0.05, 0.1) is 6.20 Å². The van der Waals surface area contributed by atoms with Crippen LogP contribution in [-0.4, -0.2) is 21.1 Å². The van der Waals surface area contributed by atoms with Gasteiger partial charge in [-0.15, -0.1) is 11.3 Å². The van der Waals surface area contributed by atoms with Crippen LogP contribution in [0.1, 0.15) is 23.8 Å². The smallest absolute Gasteiger partial charge is 0.169 e. The van der Waals surface area contributed by atoms with E-state index in [1.54, 1.807) is 11.6 Å². The second kappa shape index (κ2) is 4.35. The van der Waals surface area contributed by atoms with E-state index in [2.05, 4.69) is 17.0 Å². The fourth-order valence-electron chi connectivity index (χ4n) is 1.30. The first-order chi connectivity index (χ1) is 7.33. The topological polar surface area (TPSA) is 47.8 Å². The normalized spacial score (nSPS) is 10.5. The molecule has 0 radical (unpaired) electrons. The predicted molar refractivity (Wildman–Crippen MR) is 59.0 cm³/mol. The van der Waals surface area contributed by atoms with Crippen LogP contribution in [0.3, 0.4) is 0 Å². The molecule has 2 aromatic heterocycles. The van der Waals surface area contributed by atoms with Crippen molar-refractivity contribution in [1.82, 2.24) is 14.8 Å². The number of aryl methyl sites for hydroxylation is 1. The van der Waals surface area contributed by atoms with Gasteiger partial charge in [-0.3, -0.25) is 9.48 Å². The van der Waals surface area contributed by atoms with Crippen LogP contribution in [0.4, 0.5) is 0 Å². The van der Waals surface area contributed by atoms with Crippen molar-refractivity contribution in [1.29, 1.82) is 0 Å². The number of carbonyl (C=O) groups is 1. The van der Waals surface area contributed by atoms with Gasteiger partial charge in [0.15, 0.2) is 6.29 Å². The van der Waals surface area contributed by atoms with E-state index < -0.39 is 0 Å². The van der Waals surface area contributed by atoms with Crippen molar-refractivity contribution in [3.05, 3.63) is 23.5 Å².